The maximum Gasteiger partial charge on any atom is 0.239 e. The maximum atomic E-state index is 12.1. The molecule has 2 aromatic rings. The Bertz CT molecular complexity index is 812. The second-order valence-electron chi connectivity index (χ2n) is 6.41. The molecule has 0 radical (unpaired) electrons. The molecule has 0 unspecified atom stereocenters. The van der Waals surface area contributed by atoms with Crippen LogP contribution in [0.4, 0.5) is 11.5 Å². The lowest BCUT2D eigenvalue weighted by Crippen LogP contribution is -2.30. The van der Waals surface area contributed by atoms with E-state index < -0.39 is 0 Å². The number of amides is 2. The number of aryl methyl sites for hydroxylation is 3. The van der Waals surface area contributed by atoms with Gasteiger partial charge in [0.15, 0.2) is 0 Å². The Hall–Kier alpha value is -2.67. The monoisotopic (exact) mass is 341 g/mol. The standard InChI is InChI=1S/C18H23N5O2/c1-11-8-16(23(3)22-11)21-18(25)10-19-12(2)13-4-6-15-14(9-13)5-7-17(24)20-15/h4,6,8-9,12,19H,5,7,10H2,1-3H3,(H,20,24)(H,21,25)/t12-/m1/s1. The second kappa shape index (κ2) is 7.06. The molecule has 0 saturated heterocycles. The minimum absolute atomic E-state index is 0.0296. The average molecular weight is 341 g/mol. The fourth-order valence-corrected chi connectivity index (χ4v) is 2.95. The molecule has 1 atom stereocenters. The molecule has 1 aromatic heterocycles. The quantitative estimate of drug-likeness (QED) is 0.775. The van der Waals surface area contributed by atoms with Crippen molar-refractivity contribution in [3.8, 4) is 0 Å². The molecular weight excluding hydrogens is 318 g/mol. The summed E-state index contributed by atoms with van der Waals surface area (Å²) in [6.45, 7) is 4.11. The highest BCUT2D eigenvalue weighted by Gasteiger charge is 2.16. The summed E-state index contributed by atoms with van der Waals surface area (Å²) in [6, 6.07) is 7.86. The van der Waals surface area contributed by atoms with E-state index in [-0.39, 0.29) is 24.4 Å². The highest BCUT2D eigenvalue weighted by atomic mass is 16.2. The molecule has 25 heavy (non-hydrogen) atoms. The third-order valence-electron chi connectivity index (χ3n) is 4.36. The zero-order valence-corrected chi connectivity index (χ0v) is 14.7. The normalized spacial score (nSPS) is 14.6. The van der Waals surface area contributed by atoms with E-state index in [0.29, 0.717) is 12.2 Å². The van der Waals surface area contributed by atoms with Crippen LogP contribution in [0.5, 0.6) is 0 Å². The molecule has 2 heterocycles. The van der Waals surface area contributed by atoms with Gasteiger partial charge in [0, 0.05) is 31.3 Å². The number of fused-ring (bicyclic) bond motifs is 1. The van der Waals surface area contributed by atoms with Gasteiger partial charge < -0.3 is 16.0 Å². The molecular formula is C18H23N5O2. The number of nitrogens with one attached hydrogen (secondary N) is 3. The van der Waals surface area contributed by atoms with E-state index >= 15 is 0 Å². The molecule has 1 aromatic carbocycles. The van der Waals surface area contributed by atoms with Crippen LogP contribution in [0.3, 0.4) is 0 Å². The minimum atomic E-state index is -0.111. The van der Waals surface area contributed by atoms with Crippen LogP contribution in [0.25, 0.3) is 0 Å². The van der Waals surface area contributed by atoms with Crippen molar-refractivity contribution < 1.29 is 9.59 Å². The Balaban J connectivity index is 1.57. The lowest BCUT2D eigenvalue weighted by molar-refractivity contribution is -0.116. The predicted octanol–water partition coefficient (Wildman–Crippen LogP) is 1.90. The largest absolute Gasteiger partial charge is 0.326 e. The van der Waals surface area contributed by atoms with Crippen LogP contribution in [-0.2, 0) is 23.1 Å². The van der Waals surface area contributed by atoms with Crippen molar-refractivity contribution in [1.29, 1.82) is 0 Å². The van der Waals surface area contributed by atoms with E-state index in [9.17, 15) is 9.59 Å². The van der Waals surface area contributed by atoms with Crippen molar-refractivity contribution in [3.05, 3.63) is 41.1 Å². The Morgan fingerprint density at radius 1 is 1.36 bits per heavy atom. The van der Waals surface area contributed by atoms with Crippen LogP contribution in [0.2, 0.25) is 0 Å². The van der Waals surface area contributed by atoms with Crippen LogP contribution in [0.1, 0.15) is 36.2 Å². The number of benzene rings is 1. The van der Waals surface area contributed by atoms with Crippen LogP contribution in [0.15, 0.2) is 24.3 Å². The first-order valence-electron chi connectivity index (χ1n) is 8.39. The molecule has 7 nitrogen and oxygen atoms in total. The molecule has 7 heteroatoms. The van der Waals surface area contributed by atoms with Crippen molar-refractivity contribution in [2.45, 2.75) is 32.7 Å². The number of carbonyl (C=O) groups is 2. The van der Waals surface area contributed by atoms with E-state index in [1.165, 1.54) is 0 Å². The number of anilines is 2. The fraction of sp³-hybridized carbons (Fsp3) is 0.389. The minimum Gasteiger partial charge on any atom is -0.326 e. The Morgan fingerprint density at radius 2 is 2.16 bits per heavy atom. The van der Waals surface area contributed by atoms with Crippen LogP contribution in [-0.4, -0.2) is 28.1 Å². The van der Waals surface area contributed by atoms with E-state index in [1.54, 1.807) is 11.7 Å². The fourth-order valence-electron chi connectivity index (χ4n) is 2.95. The molecule has 0 spiro atoms. The summed E-state index contributed by atoms with van der Waals surface area (Å²) < 4.78 is 1.65. The van der Waals surface area contributed by atoms with Gasteiger partial charge in [0.1, 0.15) is 5.82 Å². The van der Waals surface area contributed by atoms with Gasteiger partial charge in [-0.15, -0.1) is 0 Å². The smallest absolute Gasteiger partial charge is 0.239 e. The molecule has 0 aliphatic carbocycles. The second-order valence-corrected chi connectivity index (χ2v) is 6.41. The molecule has 3 rings (SSSR count). The summed E-state index contributed by atoms with van der Waals surface area (Å²) in [5.41, 5.74) is 3.98. The van der Waals surface area contributed by atoms with Gasteiger partial charge in [-0.2, -0.15) is 5.10 Å². The summed E-state index contributed by atoms with van der Waals surface area (Å²) in [5.74, 6) is 0.634. The molecule has 2 amide bonds. The number of hydrogen-bond acceptors (Lipinski definition) is 4. The Kier molecular flexibility index (Phi) is 4.85. The number of hydrogen-bond donors (Lipinski definition) is 3. The third-order valence-corrected chi connectivity index (χ3v) is 4.36. The summed E-state index contributed by atoms with van der Waals surface area (Å²) in [5, 5.41) is 13.2. The number of carbonyl (C=O) groups excluding carboxylic acids is 2. The van der Waals surface area contributed by atoms with Crippen LogP contribution in [0, 0.1) is 6.92 Å². The van der Waals surface area contributed by atoms with Gasteiger partial charge in [-0.1, -0.05) is 12.1 Å². The van der Waals surface area contributed by atoms with Crippen molar-refractivity contribution >= 4 is 23.3 Å². The predicted molar refractivity (Wildman–Crippen MR) is 96.4 cm³/mol. The van der Waals surface area contributed by atoms with Crippen LogP contribution < -0.4 is 16.0 Å². The Labute approximate surface area is 146 Å². The lowest BCUT2D eigenvalue weighted by Gasteiger charge is -2.20. The van der Waals surface area contributed by atoms with Gasteiger partial charge in [0.25, 0.3) is 0 Å². The summed E-state index contributed by atoms with van der Waals surface area (Å²) >= 11 is 0. The first-order valence-corrected chi connectivity index (χ1v) is 8.39. The van der Waals surface area contributed by atoms with Gasteiger partial charge in [-0.3, -0.25) is 14.3 Å². The van der Waals surface area contributed by atoms with E-state index in [4.69, 9.17) is 0 Å². The topological polar surface area (TPSA) is 88.0 Å². The molecule has 0 fully saturated rings. The third kappa shape index (κ3) is 4.06. The van der Waals surface area contributed by atoms with Gasteiger partial charge in [0.05, 0.1) is 12.2 Å². The van der Waals surface area contributed by atoms with E-state index in [1.807, 2.05) is 32.0 Å². The Morgan fingerprint density at radius 3 is 2.88 bits per heavy atom. The van der Waals surface area contributed by atoms with Crippen molar-refractivity contribution in [2.75, 3.05) is 17.2 Å². The lowest BCUT2D eigenvalue weighted by atomic mass is 9.98. The van der Waals surface area contributed by atoms with Crippen molar-refractivity contribution in [2.24, 2.45) is 7.05 Å². The van der Waals surface area contributed by atoms with E-state index in [2.05, 4.69) is 27.1 Å². The van der Waals surface area contributed by atoms with Crippen molar-refractivity contribution in [3.63, 3.8) is 0 Å². The maximum absolute atomic E-state index is 12.1. The molecule has 132 valence electrons. The zero-order valence-electron chi connectivity index (χ0n) is 14.7. The molecule has 0 bridgehead atoms. The first kappa shape index (κ1) is 17.2. The first-order chi connectivity index (χ1) is 11.9. The number of nitrogens with zero attached hydrogens (tertiary/aromatic N) is 2. The highest BCUT2D eigenvalue weighted by molar-refractivity contribution is 5.94. The summed E-state index contributed by atoms with van der Waals surface area (Å²) in [6.07, 6.45) is 1.27. The number of aromatic nitrogens is 2. The molecule has 0 saturated carbocycles. The summed E-state index contributed by atoms with van der Waals surface area (Å²) in [7, 11) is 1.80. The molecule has 3 N–H and O–H groups in total. The van der Waals surface area contributed by atoms with Gasteiger partial charge >= 0.3 is 0 Å². The van der Waals surface area contributed by atoms with Gasteiger partial charge in [-0.05, 0) is 37.5 Å². The van der Waals surface area contributed by atoms with Gasteiger partial charge in [0.2, 0.25) is 11.8 Å². The van der Waals surface area contributed by atoms with Crippen molar-refractivity contribution in [1.82, 2.24) is 15.1 Å². The number of rotatable bonds is 5. The van der Waals surface area contributed by atoms with E-state index in [0.717, 1.165) is 28.9 Å². The average Bonchev–Trinajstić information content (AvgIpc) is 2.89. The van der Waals surface area contributed by atoms with Crippen LogP contribution >= 0.6 is 0 Å². The molecule has 1 aliphatic rings. The highest BCUT2D eigenvalue weighted by Crippen LogP contribution is 2.26. The summed E-state index contributed by atoms with van der Waals surface area (Å²) in [4.78, 5) is 23.5. The van der Waals surface area contributed by atoms with Gasteiger partial charge in [-0.25, -0.2) is 0 Å². The SMILES string of the molecule is Cc1cc(NC(=O)CN[C@H](C)c2ccc3c(c2)CCC(=O)N3)n(C)n1. The molecule has 1 aliphatic heterocycles. The zero-order chi connectivity index (χ0) is 18.0.